The molecule has 0 aliphatic heterocycles. The number of carboxylic acid groups (broad SMARTS) is 1. The third-order valence-corrected chi connectivity index (χ3v) is 6.59. The van der Waals surface area contributed by atoms with Crippen molar-refractivity contribution in [2.24, 2.45) is 0 Å². The van der Waals surface area contributed by atoms with Crippen molar-refractivity contribution in [3.8, 4) is 0 Å². The van der Waals surface area contributed by atoms with Gasteiger partial charge in [0.25, 0.3) is 0 Å². The minimum atomic E-state index is -0.907. The molecule has 0 saturated heterocycles. The molecule has 212 valence electrons. The summed E-state index contributed by atoms with van der Waals surface area (Å²) in [5, 5.41) is 10.1. The van der Waals surface area contributed by atoms with Gasteiger partial charge in [-0.2, -0.15) is 0 Å². The highest BCUT2D eigenvalue weighted by molar-refractivity contribution is 5.63. The molecule has 0 amide bonds. The topological polar surface area (TPSA) is 53.8 Å². The Bertz CT molecular complexity index is 387. The van der Waals surface area contributed by atoms with E-state index in [9.17, 15) is 9.90 Å². The largest absolute Gasteiger partial charge is 0.550 e. The summed E-state index contributed by atoms with van der Waals surface area (Å²) in [5.74, 6) is -0.907. The number of aliphatic carboxylic acids is 1. The van der Waals surface area contributed by atoms with Gasteiger partial charge < -0.3 is 19.5 Å². The highest BCUT2D eigenvalue weighted by Crippen LogP contribution is 2.12. The summed E-state index contributed by atoms with van der Waals surface area (Å²) in [5.41, 5.74) is 0. The lowest BCUT2D eigenvalue weighted by Crippen LogP contribution is -3.05. The first kappa shape index (κ1) is 36.5. The highest BCUT2D eigenvalue weighted by Gasteiger charge is 1.96. The Hall–Kier alpha value is -0.610. The fraction of sp³-hybridized carbons (Fsp3) is 0.968. The third-order valence-electron chi connectivity index (χ3n) is 6.59. The van der Waals surface area contributed by atoms with Crippen LogP contribution in [0.4, 0.5) is 0 Å². The van der Waals surface area contributed by atoms with Crippen molar-refractivity contribution in [2.45, 2.75) is 162 Å². The van der Waals surface area contributed by atoms with E-state index in [0.29, 0.717) is 0 Å². The number of carbonyl (C=O) groups is 1. The molecule has 0 atom stereocenters. The predicted molar refractivity (Wildman–Crippen MR) is 151 cm³/mol. The van der Waals surface area contributed by atoms with Gasteiger partial charge in [0.05, 0.1) is 27.2 Å². The maximum absolute atomic E-state index is 10.1. The summed E-state index contributed by atoms with van der Waals surface area (Å²) in [6.07, 6.45) is 29.2. The lowest BCUT2D eigenvalue weighted by molar-refractivity contribution is -0.858. The maximum Gasteiger partial charge on any atom is 0.0789 e. The van der Waals surface area contributed by atoms with E-state index in [1.807, 2.05) is 0 Å². The van der Waals surface area contributed by atoms with Crippen LogP contribution in [0.3, 0.4) is 0 Å². The standard InChI is InChI=1S/C17H37NO.C14H28O2/c1-4-5-6-7-8-9-10-11-12-13-16-19-17-14-15-18(2)3;1-2-3-4-5-6-7-8-9-10-11-12-13-14(15)16/h4-17H2,1-3H3;2-13H2,1H3,(H,15,16). The molecular formula is C31H65NO3. The summed E-state index contributed by atoms with van der Waals surface area (Å²) in [6, 6.07) is 0. The number of hydrogen-bond acceptors (Lipinski definition) is 3. The summed E-state index contributed by atoms with van der Waals surface area (Å²) in [6.45, 7) is 7.66. The van der Waals surface area contributed by atoms with Crippen LogP contribution in [0.2, 0.25) is 0 Å². The van der Waals surface area contributed by atoms with Gasteiger partial charge in [-0.25, -0.2) is 0 Å². The van der Waals surface area contributed by atoms with E-state index in [1.54, 1.807) is 0 Å². The maximum atomic E-state index is 10.1. The molecule has 0 rings (SSSR count). The number of carbonyl (C=O) groups excluding carboxylic acids is 1. The number of unbranched alkanes of at least 4 members (excludes halogenated alkanes) is 19. The van der Waals surface area contributed by atoms with Gasteiger partial charge in [-0.05, 0) is 19.3 Å². The Morgan fingerprint density at radius 2 is 0.886 bits per heavy atom. The first-order chi connectivity index (χ1) is 17.0. The Labute approximate surface area is 221 Å². The van der Waals surface area contributed by atoms with Crippen molar-refractivity contribution < 1.29 is 19.5 Å². The first-order valence-electron chi connectivity index (χ1n) is 15.6. The highest BCUT2D eigenvalue weighted by atomic mass is 16.5. The zero-order valence-corrected chi connectivity index (χ0v) is 24.6. The van der Waals surface area contributed by atoms with Crippen molar-refractivity contribution >= 4 is 5.97 Å². The molecule has 0 saturated carbocycles. The number of quaternary nitrogens is 1. The molecule has 0 heterocycles. The van der Waals surface area contributed by atoms with Gasteiger partial charge in [0.1, 0.15) is 0 Å². The van der Waals surface area contributed by atoms with E-state index >= 15 is 0 Å². The number of hydrogen-bond donors (Lipinski definition) is 1. The van der Waals surface area contributed by atoms with E-state index in [-0.39, 0.29) is 6.42 Å². The molecule has 0 unspecified atom stereocenters. The van der Waals surface area contributed by atoms with Gasteiger partial charge in [0, 0.05) is 19.0 Å². The second-order valence-electron chi connectivity index (χ2n) is 10.8. The van der Waals surface area contributed by atoms with Gasteiger partial charge in [0.15, 0.2) is 0 Å². The quantitative estimate of drug-likeness (QED) is 0.125. The molecular weight excluding hydrogens is 434 g/mol. The van der Waals surface area contributed by atoms with Crippen LogP contribution in [0.5, 0.6) is 0 Å². The smallest absolute Gasteiger partial charge is 0.0789 e. The van der Waals surface area contributed by atoms with Crippen molar-refractivity contribution in [3.05, 3.63) is 0 Å². The Balaban J connectivity index is 0. The molecule has 0 radical (unpaired) electrons. The minimum absolute atomic E-state index is 0.233. The van der Waals surface area contributed by atoms with E-state index < -0.39 is 5.97 Å². The van der Waals surface area contributed by atoms with Gasteiger partial charge in [-0.3, -0.25) is 0 Å². The van der Waals surface area contributed by atoms with Crippen LogP contribution in [0, 0.1) is 0 Å². The number of carboxylic acids is 1. The molecule has 0 aromatic rings. The number of nitrogens with one attached hydrogen (secondary N) is 1. The number of rotatable bonds is 27. The molecule has 1 N–H and O–H groups in total. The minimum Gasteiger partial charge on any atom is -0.550 e. The molecule has 0 aromatic heterocycles. The fourth-order valence-electron chi connectivity index (χ4n) is 4.25. The average Bonchev–Trinajstić information content (AvgIpc) is 2.83. The molecule has 0 fully saturated rings. The molecule has 0 aliphatic carbocycles. The van der Waals surface area contributed by atoms with Crippen LogP contribution in [-0.4, -0.2) is 39.8 Å². The summed E-state index contributed by atoms with van der Waals surface area (Å²) in [4.78, 5) is 11.7. The lowest BCUT2D eigenvalue weighted by atomic mass is 10.1. The van der Waals surface area contributed by atoms with E-state index in [4.69, 9.17) is 4.74 Å². The van der Waals surface area contributed by atoms with Crippen LogP contribution in [0.25, 0.3) is 0 Å². The van der Waals surface area contributed by atoms with Crippen LogP contribution >= 0.6 is 0 Å². The average molecular weight is 500 g/mol. The van der Waals surface area contributed by atoms with Crippen molar-refractivity contribution in [1.82, 2.24) is 0 Å². The van der Waals surface area contributed by atoms with Gasteiger partial charge in [-0.1, -0.05) is 136 Å². The summed E-state index contributed by atoms with van der Waals surface area (Å²) >= 11 is 0. The van der Waals surface area contributed by atoms with Crippen LogP contribution < -0.4 is 10.0 Å². The summed E-state index contributed by atoms with van der Waals surface area (Å²) < 4.78 is 5.64. The Kier molecular flexibility index (Phi) is 34.9. The van der Waals surface area contributed by atoms with E-state index in [0.717, 1.165) is 26.1 Å². The molecule has 0 spiro atoms. The van der Waals surface area contributed by atoms with E-state index in [2.05, 4.69) is 27.9 Å². The van der Waals surface area contributed by atoms with Crippen molar-refractivity contribution in [3.63, 3.8) is 0 Å². The van der Waals surface area contributed by atoms with Gasteiger partial charge in [-0.15, -0.1) is 0 Å². The molecule has 0 aromatic carbocycles. The van der Waals surface area contributed by atoms with Crippen molar-refractivity contribution in [2.75, 3.05) is 33.9 Å². The zero-order chi connectivity index (χ0) is 26.2. The molecule has 35 heavy (non-hydrogen) atoms. The van der Waals surface area contributed by atoms with Crippen molar-refractivity contribution in [1.29, 1.82) is 0 Å². The van der Waals surface area contributed by atoms with Crippen LogP contribution in [-0.2, 0) is 9.53 Å². The second-order valence-corrected chi connectivity index (χ2v) is 10.8. The Morgan fingerprint density at radius 3 is 1.26 bits per heavy atom. The van der Waals surface area contributed by atoms with Crippen LogP contribution in [0.15, 0.2) is 0 Å². The predicted octanol–water partition coefficient (Wildman–Crippen LogP) is 6.90. The monoisotopic (exact) mass is 499 g/mol. The van der Waals surface area contributed by atoms with E-state index in [1.165, 1.54) is 140 Å². The Morgan fingerprint density at radius 1 is 0.543 bits per heavy atom. The summed E-state index contributed by atoms with van der Waals surface area (Å²) in [7, 11) is 4.39. The molecule has 0 bridgehead atoms. The van der Waals surface area contributed by atoms with Gasteiger partial charge >= 0.3 is 0 Å². The lowest BCUT2D eigenvalue weighted by Gasteiger charge is -2.07. The van der Waals surface area contributed by atoms with Crippen LogP contribution in [0.1, 0.15) is 162 Å². The fourth-order valence-corrected chi connectivity index (χ4v) is 4.25. The zero-order valence-electron chi connectivity index (χ0n) is 24.6. The number of ether oxygens (including phenoxy) is 1. The first-order valence-corrected chi connectivity index (χ1v) is 15.6. The molecule has 4 nitrogen and oxygen atoms in total. The SMILES string of the molecule is CCCCCCCCCCCCCC(=O)[O-].CCCCCCCCCCCCOCCC[NH+](C)C. The van der Waals surface area contributed by atoms with Gasteiger partial charge in [0.2, 0.25) is 0 Å². The normalized spacial score (nSPS) is 11.0. The molecule has 0 aliphatic rings. The molecule has 4 heteroatoms. The second kappa shape index (κ2) is 33.4. The third kappa shape index (κ3) is 40.8.